The van der Waals surface area contributed by atoms with Gasteiger partial charge in [0.25, 0.3) is 0 Å². The van der Waals surface area contributed by atoms with Gasteiger partial charge in [0.15, 0.2) is 0 Å². The van der Waals surface area contributed by atoms with Crippen LogP contribution in [0.25, 0.3) is 0 Å². The first kappa shape index (κ1) is 28.5. The third-order valence-electron chi connectivity index (χ3n) is 5.30. The number of nitrogens with zero attached hydrogens (tertiary/aromatic N) is 1. The van der Waals surface area contributed by atoms with Crippen molar-refractivity contribution in [1.29, 1.82) is 0 Å². The summed E-state index contributed by atoms with van der Waals surface area (Å²) >= 11 is 0. The fraction of sp³-hybridized carbons (Fsp3) is 0.654. The predicted molar refractivity (Wildman–Crippen MR) is 132 cm³/mol. The van der Waals surface area contributed by atoms with Gasteiger partial charge in [-0.3, -0.25) is 9.59 Å². The minimum Gasteiger partial charge on any atom is -0.444 e. The van der Waals surface area contributed by atoms with Crippen molar-refractivity contribution in [3.8, 4) is 0 Å². The lowest BCUT2D eigenvalue weighted by atomic mass is 9.96. The second kappa shape index (κ2) is 11.0. The van der Waals surface area contributed by atoms with E-state index in [9.17, 15) is 14.4 Å². The maximum absolute atomic E-state index is 13.7. The first-order chi connectivity index (χ1) is 15.0. The van der Waals surface area contributed by atoms with Crippen LogP contribution in [-0.2, 0) is 14.3 Å². The van der Waals surface area contributed by atoms with Crippen LogP contribution in [0.2, 0.25) is 0 Å². The van der Waals surface area contributed by atoms with Crippen LogP contribution in [0, 0.1) is 13.8 Å². The number of carbonyl (C=O) groups excluding carboxylic acids is 3. The van der Waals surface area contributed by atoms with E-state index in [1.807, 2.05) is 66.7 Å². The lowest BCUT2D eigenvalue weighted by molar-refractivity contribution is -0.145. The summed E-state index contributed by atoms with van der Waals surface area (Å²) in [6, 6.07) is 3.86. The molecule has 33 heavy (non-hydrogen) atoms. The number of nitrogens with one attached hydrogen (secondary N) is 2. The highest BCUT2D eigenvalue weighted by atomic mass is 16.6. The van der Waals surface area contributed by atoms with E-state index in [1.165, 1.54) is 0 Å². The van der Waals surface area contributed by atoms with Gasteiger partial charge < -0.3 is 20.3 Å². The molecule has 1 rings (SSSR count). The summed E-state index contributed by atoms with van der Waals surface area (Å²) in [7, 11) is 0. The topological polar surface area (TPSA) is 87.7 Å². The highest BCUT2D eigenvalue weighted by Crippen LogP contribution is 2.28. The summed E-state index contributed by atoms with van der Waals surface area (Å²) in [5.74, 6) is -0.605. The molecule has 0 fully saturated rings. The van der Waals surface area contributed by atoms with Gasteiger partial charge in [-0.05, 0) is 92.3 Å². The summed E-state index contributed by atoms with van der Waals surface area (Å²) in [6.45, 7) is 20.5. The number of alkyl carbamates (subject to hydrolysis) is 1. The lowest BCUT2D eigenvalue weighted by Crippen LogP contribution is -2.56. The fourth-order valence-electron chi connectivity index (χ4n) is 3.38. The maximum Gasteiger partial charge on any atom is 0.408 e. The smallest absolute Gasteiger partial charge is 0.408 e. The Labute approximate surface area is 199 Å². The fourth-order valence-corrected chi connectivity index (χ4v) is 3.38. The van der Waals surface area contributed by atoms with Gasteiger partial charge in [0.05, 0.1) is 0 Å². The molecule has 0 bridgehead atoms. The predicted octanol–water partition coefficient (Wildman–Crippen LogP) is 4.80. The summed E-state index contributed by atoms with van der Waals surface area (Å²) in [5, 5.41) is 5.66. The summed E-state index contributed by atoms with van der Waals surface area (Å²) in [5.41, 5.74) is 1.72. The van der Waals surface area contributed by atoms with Crippen LogP contribution < -0.4 is 10.6 Å². The van der Waals surface area contributed by atoms with E-state index in [0.29, 0.717) is 6.42 Å². The molecule has 0 aliphatic heterocycles. The van der Waals surface area contributed by atoms with Crippen molar-refractivity contribution < 1.29 is 19.1 Å². The van der Waals surface area contributed by atoms with Crippen molar-refractivity contribution >= 4 is 17.9 Å². The number of ether oxygens (including phenoxy) is 1. The zero-order valence-corrected chi connectivity index (χ0v) is 22.3. The second-order valence-corrected chi connectivity index (χ2v) is 10.9. The first-order valence-corrected chi connectivity index (χ1v) is 11.7. The zero-order valence-electron chi connectivity index (χ0n) is 22.3. The van der Waals surface area contributed by atoms with Crippen LogP contribution in [0.1, 0.15) is 91.5 Å². The van der Waals surface area contributed by atoms with Crippen molar-refractivity contribution in [2.24, 2.45) is 0 Å². The van der Waals surface area contributed by atoms with Crippen LogP contribution in [0.4, 0.5) is 4.79 Å². The molecule has 2 N–H and O–H groups in total. The Hall–Kier alpha value is -2.57. The first-order valence-electron chi connectivity index (χ1n) is 11.7. The van der Waals surface area contributed by atoms with E-state index in [0.717, 1.165) is 16.7 Å². The van der Waals surface area contributed by atoms with Crippen LogP contribution in [0.3, 0.4) is 0 Å². The van der Waals surface area contributed by atoms with E-state index in [-0.39, 0.29) is 17.9 Å². The number of aryl methyl sites for hydroxylation is 2. The third-order valence-corrected chi connectivity index (χ3v) is 5.30. The molecule has 7 heteroatoms. The molecule has 186 valence electrons. The van der Waals surface area contributed by atoms with Crippen LogP contribution in [0.15, 0.2) is 18.2 Å². The van der Waals surface area contributed by atoms with Gasteiger partial charge >= 0.3 is 6.09 Å². The number of hydrogen-bond donors (Lipinski definition) is 2. The monoisotopic (exact) mass is 461 g/mol. The third kappa shape index (κ3) is 8.71. The van der Waals surface area contributed by atoms with Crippen LogP contribution >= 0.6 is 0 Å². The molecule has 0 aliphatic rings. The van der Waals surface area contributed by atoms with Crippen molar-refractivity contribution in [2.45, 2.75) is 112 Å². The highest BCUT2D eigenvalue weighted by Gasteiger charge is 2.38. The molecular formula is C26H43N3O4. The Morgan fingerprint density at radius 2 is 1.58 bits per heavy atom. The van der Waals surface area contributed by atoms with Gasteiger partial charge in [-0.2, -0.15) is 0 Å². The highest BCUT2D eigenvalue weighted by molar-refractivity contribution is 5.92. The molecule has 0 spiro atoms. The molecular weight excluding hydrogens is 418 g/mol. The van der Waals surface area contributed by atoms with Crippen molar-refractivity contribution in [2.75, 3.05) is 0 Å². The molecule has 7 nitrogen and oxygen atoms in total. The lowest BCUT2D eigenvalue weighted by Gasteiger charge is -2.39. The second-order valence-electron chi connectivity index (χ2n) is 10.9. The Bertz CT molecular complexity index is 852. The van der Waals surface area contributed by atoms with Crippen molar-refractivity contribution in [3.63, 3.8) is 0 Å². The average molecular weight is 462 g/mol. The van der Waals surface area contributed by atoms with Crippen LogP contribution in [0.5, 0.6) is 0 Å². The van der Waals surface area contributed by atoms with Gasteiger partial charge in [-0.25, -0.2) is 4.79 Å². The van der Waals surface area contributed by atoms with E-state index in [1.54, 1.807) is 32.6 Å². The molecule has 3 atom stereocenters. The molecule has 0 saturated heterocycles. The molecule has 0 aliphatic carbocycles. The Morgan fingerprint density at radius 3 is 2.03 bits per heavy atom. The quantitative estimate of drug-likeness (QED) is 0.611. The van der Waals surface area contributed by atoms with Crippen molar-refractivity contribution in [3.05, 3.63) is 34.9 Å². The molecule has 0 saturated carbocycles. The number of rotatable bonds is 7. The van der Waals surface area contributed by atoms with E-state index < -0.39 is 29.3 Å². The van der Waals surface area contributed by atoms with E-state index in [4.69, 9.17) is 4.74 Å². The van der Waals surface area contributed by atoms with E-state index in [2.05, 4.69) is 10.6 Å². The Balaban J connectivity index is 3.44. The molecule has 1 aromatic rings. The van der Waals surface area contributed by atoms with Gasteiger partial charge in [0.2, 0.25) is 11.8 Å². The SMILES string of the molecule is CCC(C)N(C(=O)C(C)NC(=O)OC(C)(C)C)C(C(=O)NC(C)(C)C)c1ccc(C)c(C)c1. The summed E-state index contributed by atoms with van der Waals surface area (Å²) < 4.78 is 5.31. The largest absolute Gasteiger partial charge is 0.444 e. The van der Waals surface area contributed by atoms with Gasteiger partial charge in [0, 0.05) is 11.6 Å². The summed E-state index contributed by atoms with van der Waals surface area (Å²) in [6.07, 6.45) is -0.0241. The Kier molecular flexibility index (Phi) is 9.52. The molecule has 3 unspecified atom stereocenters. The molecule has 0 radical (unpaired) electrons. The molecule has 0 heterocycles. The van der Waals surface area contributed by atoms with E-state index >= 15 is 0 Å². The Morgan fingerprint density at radius 1 is 1.00 bits per heavy atom. The van der Waals surface area contributed by atoms with Gasteiger partial charge in [0.1, 0.15) is 17.7 Å². The van der Waals surface area contributed by atoms with Crippen LogP contribution in [-0.4, -0.2) is 46.0 Å². The number of amides is 3. The molecule has 3 amide bonds. The number of hydrogen-bond acceptors (Lipinski definition) is 4. The zero-order chi connectivity index (χ0) is 25.7. The minimum absolute atomic E-state index is 0.238. The number of carbonyl (C=O) groups is 3. The normalized spacial score (nSPS) is 14.6. The molecule has 0 aromatic heterocycles. The average Bonchev–Trinajstić information content (AvgIpc) is 2.64. The number of benzene rings is 1. The van der Waals surface area contributed by atoms with Crippen molar-refractivity contribution in [1.82, 2.24) is 15.5 Å². The maximum atomic E-state index is 13.7. The minimum atomic E-state index is -0.870. The standard InChI is InChI=1S/C26H43N3O4/c1-12-18(4)29(23(31)19(5)27-24(32)33-26(9,10)11)21(22(30)28-25(6,7)8)20-14-13-16(2)17(3)15-20/h13-15,18-19,21H,12H2,1-11H3,(H,27,32)(H,28,30). The van der Waals surface area contributed by atoms with Gasteiger partial charge in [-0.1, -0.05) is 25.1 Å². The summed E-state index contributed by atoms with van der Waals surface area (Å²) in [4.78, 5) is 41.1. The van der Waals surface area contributed by atoms with Gasteiger partial charge in [-0.15, -0.1) is 0 Å². The molecule has 1 aromatic carbocycles.